The number of pyridine rings is 1. The minimum atomic E-state index is -0.946. The number of rotatable bonds is 8. The van der Waals surface area contributed by atoms with Crippen molar-refractivity contribution in [3.63, 3.8) is 0 Å². The molecule has 1 aliphatic rings. The quantitative estimate of drug-likeness (QED) is 0.202. The van der Waals surface area contributed by atoms with E-state index in [1.165, 1.54) is 0 Å². The van der Waals surface area contributed by atoms with Crippen molar-refractivity contribution in [2.75, 3.05) is 0 Å². The van der Waals surface area contributed by atoms with Crippen LogP contribution in [0.1, 0.15) is 70.2 Å². The average molecular weight is 573 g/mol. The van der Waals surface area contributed by atoms with Crippen molar-refractivity contribution < 1.29 is 9.90 Å². The molecular weight excluding hydrogens is 540 g/mol. The molecule has 0 spiro atoms. The third-order valence-corrected chi connectivity index (χ3v) is 8.24. The average Bonchev–Trinajstić information content (AvgIpc) is 3.32. The van der Waals surface area contributed by atoms with Gasteiger partial charge in [0.25, 0.3) is 5.91 Å². The lowest BCUT2D eigenvalue weighted by molar-refractivity contribution is 0.0684. The van der Waals surface area contributed by atoms with Gasteiger partial charge in [0.15, 0.2) is 0 Å². The van der Waals surface area contributed by atoms with Crippen LogP contribution in [0.3, 0.4) is 0 Å². The second-order valence-electron chi connectivity index (χ2n) is 11.4. The van der Waals surface area contributed by atoms with Crippen LogP contribution in [0.15, 0.2) is 103 Å². The molecule has 2 heterocycles. The first-order valence-electron chi connectivity index (χ1n) is 14.3. The van der Waals surface area contributed by atoms with Crippen molar-refractivity contribution >= 4 is 40.6 Å². The molecule has 0 saturated heterocycles. The van der Waals surface area contributed by atoms with Gasteiger partial charge in [0.2, 0.25) is 0 Å². The number of benzene rings is 4. The standard InChI is InChI=1S/C37H33ClN2O2/c1-37(2,42)33-13-6-4-9-26(33)17-21-35(40-24-29-10-3-5-12-32(29)36(40)41)28-11-7-8-25(22-28)14-19-31-20-16-27-15-18-30(38)23-34(27)39-31/h3-16,18-20,22-23,35,42H,17,21,24H2,1-2H3/b19-14+. The Bertz CT molecular complexity index is 1800. The summed E-state index contributed by atoms with van der Waals surface area (Å²) in [6.07, 6.45) is 5.52. The fourth-order valence-electron chi connectivity index (χ4n) is 5.91. The van der Waals surface area contributed by atoms with Gasteiger partial charge in [0.05, 0.1) is 22.9 Å². The maximum atomic E-state index is 13.6. The Balaban J connectivity index is 1.31. The summed E-state index contributed by atoms with van der Waals surface area (Å²) in [5, 5.41) is 12.5. The van der Waals surface area contributed by atoms with E-state index in [0.717, 1.165) is 62.8 Å². The van der Waals surface area contributed by atoms with Crippen molar-refractivity contribution in [2.24, 2.45) is 0 Å². The molecular formula is C37H33ClN2O2. The molecule has 0 fully saturated rings. The SMILES string of the molecule is CC(C)(O)c1ccccc1CCC(c1cccc(/C=C/c2ccc3ccc(Cl)cc3n2)c1)N1Cc2ccccc2C1=O. The number of hydrogen-bond donors (Lipinski definition) is 1. The molecule has 0 radical (unpaired) electrons. The fraction of sp³-hybridized carbons (Fsp3) is 0.189. The Morgan fingerprint density at radius 2 is 1.71 bits per heavy atom. The van der Waals surface area contributed by atoms with Crippen molar-refractivity contribution in [3.8, 4) is 0 Å². The van der Waals surface area contributed by atoms with Crippen LogP contribution in [0.2, 0.25) is 5.02 Å². The second kappa shape index (κ2) is 11.6. The first-order valence-corrected chi connectivity index (χ1v) is 14.7. The molecule has 42 heavy (non-hydrogen) atoms. The highest BCUT2D eigenvalue weighted by atomic mass is 35.5. The number of carbonyl (C=O) groups is 1. The summed E-state index contributed by atoms with van der Waals surface area (Å²) >= 11 is 6.18. The van der Waals surface area contributed by atoms with Crippen LogP contribution in [-0.2, 0) is 18.6 Å². The fourth-order valence-corrected chi connectivity index (χ4v) is 6.08. The van der Waals surface area contributed by atoms with Gasteiger partial charge in [-0.05, 0) is 90.9 Å². The lowest BCUT2D eigenvalue weighted by Crippen LogP contribution is -2.30. The van der Waals surface area contributed by atoms with E-state index in [1.807, 2.05) is 104 Å². The van der Waals surface area contributed by atoms with Crippen LogP contribution in [0.25, 0.3) is 23.1 Å². The summed E-state index contributed by atoms with van der Waals surface area (Å²) in [5.41, 5.74) is 6.72. The van der Waals surface area contributed by atoms with E-state index in [2.05, 4.69) is 30.3 Å². The van der Waals surface area contributed by atoms with E-state index in [0.29, 0.717) is 11.6 Å². The van der Waals surface area contributed by atoms with Crippen LogP contribution < -0.4 is 0 Å². The summed E-state index contributed by atoms with van der Waals surface area (Å²) < 4.78 is 0. The number of amides is 1. The summed E-state index contributed by atoms with van der Waals surface area (Å²) in [4.78, 5) is 20.4. The number of hydrogen-bond acceptors (Lipinski definition) is 3. The van der Waals surface area contributed by atoms with Crippen molar-refractivity contribution in [3.05, 3.63) is 147 Å². The topological polar surface area (TPSA) is 53.4 Å². The molecule has 6 rings (SSSR count). The van der Waals surface area contributed by atoms with Gasteiger partial charge >= 0.3 is 0 Å². The van der Waals surface area contributed by atoms with E-state index in [1.54, 1.807) is 0 Å². The molecule has 4 aromatic carbocycles. The van der Waals surface area contributed by atoms with Gasteiger partial charge in [-0.2, -0.15) is 0 Å². The van der Waals surface area contributed by atoms with Crippen molar-refractivity contribution in [1.82, 2.24) is 9.88 Å². The second-order valence-corrected chi connectivity index (χ2v) is 11.9. The molecule has 1 unspecified atom stereocenters. The molecule has 0 aliphatic carbocycles. The van der Waals surface area contributed by atoms with E-state index >= 15 is 0 Å². The summed E-state index contributed by atoms with van der Waals surface area (Å²) in [6.45, 7) is 4.22. The Morgan fingerprint density at radius 1 is 0.929 bits per heavy atom. The number of aliphatic hydroxyl groups is 1. The zero-order chi connectivity index (χ0) is 29.3. The third kappa shape index (κ3) is 5.87. The van der Waals surface area contributed by atoms with E-state index in [-0.39, 0.29) is 11.9 Å². The Kier molecular flexibility index (Phi) is 7.68. The highest BCUT2D eigenvalue weighted by Gasteiger charge is 2.33. The number of fused-ring (bicyclic) bond motifs is 2. The smallest absolute Gasteiger partial charge is 0.255 e. The van der Waals surface area contributed by atoms with E-state index in [9.17, 15) is 9.90 Å². The zero-order valence-electron chi connectivity index (χ0n) is 23.8. The number of carbonyl (C=O) groups excluding carboxylic acids is 1. The first-order chi connectivity index (χ1) is 20.3. The Morgan fingerprint density at radius 3 is 2.55 bits per heavy atom. The highest BCUT2D eigenvalue weighted by Crippen LogP contribution is 2.36. The van der Waals surface area contributed by atoms with Gasteiger partial charge in [-0.1, -0.05) is 90.5 Å². The van der Waals surface area contributed by atoms with E-state index < -0.39 is 5.60 Å². The number of nitrogens with zero attached hydrogens (tertiary/aromatic N) is 2. The van der Waals surface area contributed by atoms with Crippen molar-refractivity contribution in [1.29, 1.82) is 0 Å². The third-order valence-electron chi connectivity index (χ3n) is 8.01. The van der Waals surface area contributed by atoms with Crippen LogP contribution in [0.5, 0.6) is 0 Å². The number of halogens is 1. The summed E-state index contributed by atoms with van der Waals surface area (Å²) in [5.74, 6) is 0.0614. The minimum Gasteiger partial charge on any atom is -0.386 e. The maximum absolute atomic E-state index is 13.6. The largest absolute Gasteiger partial charge is 0.386 e. The van der Waals surface area contributed by atoms with Gasteiger partial charge in [-0.25, -0.2) is 4.98 Å². The molecule has 1 N–H and O–H groups in total. The predicted octanol–water partition coefficient (Wildman–Crippen LogP) is 8.62. The normalized spacial score (nSPS) is 14.1. The molecule has 4 nitrogen and oxygen atoms in total. The highest BCUT2D eigenvalue weighted by molar-refractivity contribution is 6.31. The molecule has 1 aromatic heterocycles. The van der Waals surface area contributed by atoms with Gasteiger partial charge in [-0.3, -0.25) is 4.79 Å². The molecule has 210 valence electrons. The molecule has 1 amide bonds. The van der Waals surface area contributed by atoms with Gasteiger partial charge in [-0.15, -0.1) is 0 Å². The monoisotopic (exact) mass is 572 g/mol. The molecule has 0 saturated carbocycles. The van der Waals surface area contributed by atoms with Gasteiger partial charge in [0.1, 0.15) is 0 Å². The lowest BCUT2D eigenvalue weighted by Gasteiger charge is -2.30. The van der Waals surface area contributed by atoms with Crippen LogP contribution >= 0.6 is 11.6 Å². The number of aryl methyl sites for hydroxylation is 1. The molecule has 0 bridgehead atoms. The molecule has 5 aromatic rings. The minimum absolute atomic E-state index is 0.0614. The summed E-state index contributed by atoms with van der Waals surface area (Å²) in [6, 6.07) is 33.9. The molecule has 1 aliphatic heterocycles. The lowest BCUT2D eigenvalue weighted by atomic mass is 9.89. The van der Waals surface area contributed by atoms with Crippen LogP contribution in [0.4, 0.5) is 0 Å². The van der Waals surface area contributed by atoms with Crippen LogP contribution in [0, 0.1) is 0 Å². The van der Waals surface area contributed by atoms with Gasteiger partial charge < -0.3 is 10.0 Å². The number of aromatic nitrogens is 1. The Labute approximate surface area is 251 Å². The maximum Gasteiger partial charge on any atom is 0.255 e. The molecule has 1 atom stereocenters. The predicted molar refractivity (Wildman–Crippen MR) is 171 cm³/mol. The Hall–Kier alpha value is -4.25. The first kappa shape index (κ1) is 27.9. The van der Waals surface area contributed by atoms with E-state index in [4.69, 9.17) is 16.6 Å². The van der Waals surface area contributed by atoms with Crippen LogP contribution in [-0.4, -0.2) is 20.9 Å². The van der Waals surface area contributed by atoms with Gasteiger partial charge in [0, 0.05) is 22.5 Å². The van der Waals surface area contributed by atoms with Crippen molar-refractivity contribution in [2.45, 2.75) is 44.9 Å². The summed E-state index contributed by atoms with van der Waals surface area (Å²) in [7, 11) is 0. The zero-order valence-corrected chi connectivity index (χ0v) is 24.6. The molecule has 5 heteroatoms.